The highest BCUT2D eigenvalue weighted by atomic mass is 14.5. The van der Waals surface area contributed by atoms with Crippen LogP contribution in [0.2, 0.25) is 0 Å². The summed E-state index contributed by atoms with van der Waals surface area (Å²) in [5, 5.41) is 0. The van der Waals surface area contributed by atoms with Gasteiger partial charge in [0.05, 0.1) is 0 Å². The third kappa shape index (κ3) is 7.16. The molecule has 0 heterocycles. The summed E-state index contributed by atoms with van der Waals surface area (Å²) in [7, 11) is 0. The number of benzene rings is 7. The lowest BCUT2D eigenvalue weighted by Crippen LogP contribution is -2.25. The molecule has 3 aliphatic rings. The Labute approximate surface area is 414 Å². The van der Waals surface area contributed by atoms with E-state index in [1.807, 2.05) is 0 Å². The van der Waals surface area contributed by atoms with E-state index >= 15 is 0 Å². The van der Waals surface area contributed by atoms with Crippen molar-refractivity contribution in [3.8, 4) is 104 Å². The maximum atomic E-state index is 6.06. The average Bonchev–Trinajstić information content (AvgIpc) is 3.91. The van der Waals surface area contributed by atoms with Gasteiger partial charge in [0.1, 0.15) is 0 Å². The third-order valence-corrected chi connectivity index (χ3v) is 16.6. The Morgan fingerprint density at radius 2 is 0.493 bits per heavy atom. The summed E-state index contributed by atoms with van der Waals surface area (Å²) >= 11 is 0. The maximum Gasteiger partial charge on any atom is 0.0246 e. The zero-order valence-corrected chi connectivity index (χ0v) is 41.8. The molecule has 0 aromatic heterocycles. The van der Waals surface area contributed by atoms with Crippen LogP contribution < -0.4 is 0 Å². The van der Waals surface area contributed by atoms with Crippen molar-refractivity contribution in [1.29, 1.82) is 0 Å². The zero-order valence-electron chi connectivity index (χ0n) is 41.8. The second kappa shape index (κ2) is 18.3. The number of rotatable bonds is 15. The molecule has 0 aliphatic heterocycles. The number of terminal acetylenes is 3. The van der Waals surface area contributed by atoms with Gasteiger partial charge in [-0.3, -0.25) is 0 Å². The molecule has 0 nitrogen and oxygen atoms in total. The third-order valence-electron chi connectivity index (χ3n) is 16.6. The molecule has 0 unspecified atom stereocenters. The second-order valence-electron chi connectivity index (χ2n) is 20.5. The van der Waals surface area contributed by atoms with E-state index in [-0.39, 0.29) is 16.2 Å². The van der Waals surface area contributed by atoms with Crippen molar-refractivity contribution in [2.75, 3.05) is 0 Å². The molecule has 0 spiro atoms. The van der Waals surface area contributed by atoms with Crippen LogP contribution in [0.15, 0.2) is 127 Å². The van der Waals surface area contributed by atoms with E-state index in [2.05, 4.69) is 187 Å². The Bertz CT molecular complexity index is 2910. The summed E-state index contributed by atoms with van der Waals surface area (Å²) < 4.78 is 0. The standard InChI is InChI=1S/C69H66/c1-10-31-67(32-11-2)61-37-46(16-7)19-25-55(61)58-28-22-49(43-64(58)67)52-40-53(50-23-29-59-56-26-20-47(17-8)38-62(56)68(33-12-3,34-13-4)65(59)44-50)42-54(41-52)51-24-30-60-57-27-21-48(18-9)39-63(57)69(35-14-5,36-15-6)66(60)45-51/h7-9,19-30,37-45H,10-15,31-36H2,1-6H3. The minimum atomic E-state index is -0.0935. The monoisotopic (exact) mass is 895 g/mol. The molecule has 69 heavy (non-hydrogen) atoms. The van der Waals surface area contributed by atoms with Crippen molar-refractivity contribution in [1.82, 2.24) is 0 Å². The average molecular weight is 895 g/mol. The molecule has 0 saturated carbocycles. The van der Waals surface area contributed by atoms with Crippen molar-refractivity contribution < 1.29 is 0 Å². The van der Waals surface area contributed by atoms with Gasteiger partial charge < -0.3 is 0 Å². The van der Waals surface area contributed by atoms with E-state index < -0.39 is 0 Å². The van der Waals surface area contributed by atoms with Crippen LogP contribution >= 0.6 is 0 Å². The van der Waals surface area contributed by atoms with E-state index in [0.717, 1.165) is 93.7 Å². The van der Waals surface area contributed by atoms with E-state index in [0.29, 0.717) is 0 Å². The van der Waals surface area contributed by atoms with Gasteiger partial charge in [0.15, 0.2) is 0 Å². The van der Waals surface area contributed by atoms with E-state index in [1.165, 1.54) is 100 Å². The van der Waals surface area contributed by atoms with Gasteiger partial charge >= 0.3 is 0 Å². The Morgan fingerprint density at radius 3 is 0.710 bits per heavy atom. The highest BCUT2D eigenvalue weighted by Crippen LogP contribution is 2.58. The summed E-state index contributed by atoms with van der Waals surface area (Å²) in [4.78, 5) is 0. The van der Waals surface area contributed by atoms with Crippen LogP contribution in [-0.4, -0.2) is 0 Å². The summed E-state index contributed by atoms with van der Waals surface area (Å²) in [6.45, 7) is 14.0. The molecule has 0 fully saturated rings. The second-order valence-corrected chi connectivity index (χ2v) is 20.5. The molecule has 0 heteroatoms. The molecular weight excluding hydrogens is 829 g/mol. The Kier molecular flexibility index (Phi) is 12.2. The molecule has 0 saturated heterocycles. The first-order valence-corrected chi connectivity index (χ1v) is 26.1. The van der Waals surface area contributed by atoms with Crippen LogP contribution in [0.3, 0.4) is 0 Å². The van der Waals surface area contributed by atoms with Crippen molar-refractivity contribution in [2.45, 2.75) is 135 Å². The minimum Gasteiger partial charge on any atom is -0.115 e. The summed E-state index contributed by atoms with van der Waals surface area (Å²) in [6.07, 6.45) is 31.2. The number of hydrogen-bond acceptors (Lipinski definition) is 0. The van der Waals surface area contributed by atoms with Gasteiger partial charge in [0.2, 0.25) is 0 Å². The lowest BCUT2D eigenvalue weighted by molar-refractivity contribution is 0.436. The topological polar surface area (TPSA) is 0 Å². The highest BCUT2D eigenvalue weighted by molar-refractivity contribution is 5.91. The number of fused-ring (bicyclic) bond motifs is 9. The fraction of sp³-hybridized carbons (Fsp3) is 0.304. The molecule has 7 aromatic rings. The maximum absolute atomic E-state index is 6.06. The van der Waals surface area contributed by atoms with E-state index in [9.17, 15) is 0 Å². The molecule has 3 aliphatic carbocycles. The van der Waals surface area contributed by atoms with Crippen LogP contribution in [0.1, 0.15) is 169 Å². The van der Waals surface area contributed by atoms with Gasteiger partial charge in [-0.25, -0.2) is 0 Å². The molecule has 0 bridgehead atoms. The first-order valence-electron chi connectivity index (χ1n) is 26.1. The fourth-order valence-electron chi connectivity index (χ4n) is 14.0. The highest BCUT2D eigenvalue weighted by Gasteiger charge is 2.45. The van der Waals surface area contributed by atoms with Crippen molar-refractivity contribution >= 4 is 0 Å². The summed E-state index contributed by atoms with van der Waals surface area (Å²) in [5.41, 5.74) is 26.6. The van der Waals surface area contributed by atoms with Crippen molar-refractivity contribution in [3.05, 3.63) is 177 Å². The Hall–Kier alpha value is -6.78. The first kappa shape index (κ1) is 46.0. The summed E-state index contributed by atoms with van der Waals surface area (Å²) in [5.74, 6) is 8.88. The largest absolute Gasteiger partial charge is 0.115 e. The zero-order chi connectivity index (χ0) is 48.1. The normalized spacial score (nSPS) is 14.7. The SMILES string of the molecule is C#Cc1ccc2c(c1)C(CCC)(CCC)c1cc(-c3cc(-c4ccc5c(c4)C(CCC)(CCC)c4cc(C#C)ccc4-5)cc(-c4ccc5c(c4)C(CCC)(CCC)c4cc(C#C)ccc4-5)c3)ccc1-2. The lowest BCUT2D eigenvalue weighted by Gasteiger charge is -2.32. The molecule has 342 valence electrons. The quantitative estimate of drug-likeness (QED) is 0.0900. The van der Waals surface area contributed by atoms with Crippen LogP contribution in [0.5, 0.6) is 0 Å². The van der Waals surface area contributed by atoms with Crippen LogP contribution in [0.25, 0.3) is 66.8 Å². The van der Waals surface area contributed by atoms with Gasteiger partial charge in [0.25, 0.3) is 0 Å². The smallest absolute Gasteiger partial charge is 0.0246 e. The molecule has 0 atom stereocenters. The molecule has 7 aromatic carbocycles. The van der Waals surface area contributed by atoms with Gasteiger partial charge in [0, 0.05) is 32.9 Å². The van der Waals surface area contributed by atoms with Crippen LogP contribution in [-0.2, 0) is 16.2 Å². The minimum absolute atomic E-state index is 0.0935. The van der Waals surface area contributed by atoms with Gasteiger partial charge in [-0.2, -0.15) is 0 Å². The number of hydrogen-bond donors (Lipinski definition) is 0. The molecule has 0 N–H and O–H groups in total. The summed E-state index contributed by atoms with van der Waals surface area (Å²) in [6, 6.07) is 49.5. The first-order chi connectivity index (χ1) is 33.7. The molecule has 0 amide bonds. The lowest BCUT2D eigenvalue weighted by atomic mass is 9.70. The Morgan fingerprint density at radius 1 is 0.275 bits per heavy atom. The van der Waals surface area contributed by atoms with E-state index in [1.54, 1.807) is 0 Å². The van der Waals surface area contributed by atoms with Crippen molar-refractivity contribution in [3.63, 3.8) is 0 Å². The molecule has 0 radical (unpaired) electrons. The predicted molar refractivity (Wildman–Crippen MR) is 295 cm³/mol. The molecular formula is C69H66. The van der Waals surface area contributed by atoms with Gasteiger partial charge in [-0.05, 0) is 211 Å². The van der Waals surface area contributed by atoms with Gasteiger partial charge in [-0.1, -0.05) is 152 Å². The van der Waals surface area contributed by atoms with Crippen LogP contribution in [0.4, 0.5) is 0 Å². The predicted octanol–water partition coefficient (Wildman–Crippen LogP) is 18.2. The van der Waals surface area contributed by atoms with Crippen LogP contribution in [0, 0.1) is 37.0 Å². The van der Waals surface area contributed by atoms with Gasteiger partial charge in [-0.15, -0.1) is 19.3 Å². The van der Waals surface area contributed by atoms with Crippen molar-refractivity contribution in [2.24, 2.45) is 0 Å². The van der Waals surface area contributed by atoms with E-state index in [4.69, 9.17) is 19.3 Å². The molecule has 10 rings (SSSR count). The Balaban J connectivity index is 1.20. The fourth-order valence-corrected chi connectivity index (χ4v) is 14.0.